The lowest BCUT2D eigenvalue weighted by molar-refractivity contribution is -0.138. The van der Waals surface area contributed by atoms with Crippen molar-refractivity contribution in [1.82, 2.24) is 5.32 Å². The van der Waals surface area contributed by atoms with Gasteiger partial charge in [0.05, 0.1) is 6.54 Å². The first-order chi connectivity index (χ1) is 7.22. The Labute approximate surface area is 101 Å². The topological polar surface area (TPSA) is 64.6 Å². The second-order valence-corrected chi connectivity index (χ2v) is 4.76. The molecule has 16 heavy (non-hydrogen) atoms. The van der Waals surface area contributed by atoms with Crippen molar-refractivity contribution < 1.29 is 19.1 Å². The summed E-state index contributed by atoms with van der Waals surface area (Å²) in [6.45, 7) is 8.50. The molecular formula is C10H17NO4S. The molecule has 0 spiro atoms. The normalized spacial score (nSPS) is 10.5. The fraction of sp³-hybridized carbons (Fsp3) is 0.600. The molecule has 0 aromatic carbocycles. The molecule has 0 unspecified atom stereocenters. The molecule has 1 N–H and O–H groups in total. The average molecular weight is 247 g/mol. The Morgan fingerprint density at radius 1 is 1.44 bits per heavy atom. The lowest BCUT2D eigenvalue weighted by Crippen LogP contribution is -2.33. The van der Waals surface area contributed by atoms with Crippen molar-refractivity contribution >= 4 is 24.7 Å². The molecule has 0 radical (unpaired) electrons. The van der Waals surface area contributed by atoms with E-state index in [2.05, 4.69) is 24.5 Å². The van der Waals surface area contributed by atoms with Gasteiger partial charge in [-0.3, -0.25) is 0 Å². The summed E-state index contributed by atoms with van der Waals surface area (Å²) in [6.07, 6.45) is -0.605. The van der Waals surface area contributed by atoms with E-state index in [9.17, 15) is 9.59 Å². The summed E-state index contributed by atoms with van der Waals surface area (Å²) in [7, 11) is 0. The maximum Gasteiger partial charge on any atom is 0.408 e. The predicted molar refractivity (Wildman–Crippen MR) is 63.3 cm³/mol. The summed E-state index contributed by atoms with van der Waals surface area (Å²) in [4.78, 5) is 21.2. The molecule has 1 amide bonds. The maximum atomic E-state index is 11.1. The van der Waals surface area contributed by atoms with Crippen molar-refractivity contribution in [3.8, 4) is 0 Å². The fourth-order valence-corrected chi connectivity index (χ4v) is 0.766. The van der Waals surface area contributed by atoms with Gasteiger partial charge in [0, 0.05) is 5.57 Å². The minimum Gasteiger partial charge on any atom is -0.460 e. The Hall–Kier alpha value is -1.17. The summed E-state index contributed by atoms with van der Waals surface area (Å²) in [5.74, 6) is -0.482. The molecular weight excluding hydrogens is 230 g/mol. The third-order valence-corrected chi connectivity index (χ3v) is 1.39. The van der Waals surface area contributed by atoms with Gasteiger partial charge in [0.1, 0.15) is 6.61 Å². The molecule has 0 aliphatic carbocycles. The van der Waals surface area contributed by atoms with Gasteiger partial charge >= 0.3 is 12.1 Å². The van der Waals surface area contributed by atoms with Crippen LogP contribution in [-0.2, 0) is 14.3 Å². The average Bonchev–Trinajstić information content (AvgIpc) is 2.08. The van der Waals surface area contributed by atoms with Gasteiger partial charge in [0.15, 0.2) is 4.93 Å². The van der Waals surface area contributed by atoms with Crippen LogP contribution in [0.4, 0.5) is 4.79 Å². The molecule has 0 saturated heterocycles. The third-order valence-electron chi connectivity index (χ3n) is 1.30. The van der Waals surface area contributed by atoms with Crippen molar-refractivity contribution in [1.29, 1.82) is 0 Å². The summed E-state index contributed by atoms with van der Waals surface area (Å²) in [5.41, 5.74) is 0.319. The SMILES string of the molecule is C=C(C)C(=O)OCCNC(=O)OC(C)(C)S. The summed E-state index contributed by atoms with van der Waals surface area (Å²) >= 11 is 4.02. The molecule has 0 aromatic rings. The van der Waals surface area contributed by atoms with Gasteiger partial charge in [-0.15, -0.1) is 12.6 Å². The summed E-state index contributed by atoms with van der Waals surface area (Å²) in [6, 6.07) is 0. The molecule has 0 fully saturated rings. The van der Waals surface area contributed by atoms with E-state index in [0.29, 0.717) is 5.57 Å². The molecule has 92 valence electrons. The number of esters is 1. The van der Waals surface area contributed by atoms with Crippen LogP contribution in [0.15, 0.2) is 12.2 Å². The van der Waals surface area contributed by atoms with Crippen LogP contribution < -0.4 is 5.32 Å². The van der Waals surface area contributed by atoms with E-state index in [1.807, 2.05) is 0 Å². The van der Waals surface area contributed by atoms with Crippen LogP contribution in [0.2, 0.25) is 0 Å². The quantitative estimate of drug-likeness (QED) is 0.254. The van der Waals surface area contributed by atoms with E-state index in [1.54, 1.807) is 20.8 Å². The molecule has 0 saturated carbocycles. The number of hydrogen-bond acceptors (Lipinski definition) is 5. The minimum absolute atomic E-state index is 0.0772. The highest BCUT2D eigenvalue weighted by atomic mass is 32.1. The van der Waals surface area contributed by atoms with Crippen LogP contribution in [0, 0.1) is 0 Å². The monoisotopic (exact) mass is 247 g/mol. The van der Waals surface area contributed by atoms with Crippen LogP contribution in [0.3, 0.4) is 0 Å². The molecule has 0 aliphatic rings. The Bertz CT molecular complexity index is 283. The molecule has 0 aromatic heterocycles. The first-order valence-corrected chi connectivity index (χ1v) is 5.19. The Morgan fingerprint density at radius 3 is 2.44 bits per heavy atom. The largest absolute Gasteiger partial charge is 0.460 e. The third kappa shape index (κ3) is 8.16. The van der Waals surface area contributed by atoms with Crippen molar-refractivity contribution in [2.45, 2.75) is 25.7 Å². The number of rotatable bonds is 5. The number of amides is 1. The first-order valence-electron chi connectivity index (χ1n) is 4.74. The molecule has 0 aliphatic heterocycles. The van der Waals surface area contributed by atoms with E-state index in [-0.39, 0.29) is 13.2 Å². The van der Waals surface area contributed by atoms with E-state index < -0.39 is 17.0 Å². The van der Waals surface area contributed by atoms with Gasteiger partial charge in [-0.05, 0) is 20.8 Å². The van der Waals surface area contributed by atoms with Gasteiger partial charge in [0.25, 0.3) is 0 Å². The van der Waals surface area contributed by atoms with Crippen molar-refractivity contribution in [2.24, 2.45) is 0 Å². The van der Waals surface area contributed by atoms with E-state index in [1.165, 1.54) is 0 Å². The zero-order chi connectivity index (χ0) is 12.8. The molecule has 6 heteroatoms. The number of hydrogen-bond donors (Lipinski definition) is 2. The highest BCUT2D eigenvalue weighted by molar-refractivity contribution is 7.81. The van der Waals surface area contributed by atoms with Crippen molar-refractivity contribution in [3.63, 3.8) is 0 Å². The highest BCUT2D eigenvalue weighted by Crippen LogP contribution is 2.12. The van der Waals surface area contributed by atoms with E-state index in [0.717, 1.165) is 0 Å². The lowest BCUT2D eigenvalue weighted by atomic mass is 10.4. The van der Waals surface area contributed by atoms with E-state index >= 15 is 0 Å². The summed E-state index contributed by atoms with van der Waals surface area (Å²) < 4.78 is 9.60. The standard InChI is InChI=1S/C10H17NO4S/c1-7(2)8(12)14-6-5-11-9(13)15-10(3,4)16/h16H,1,5-6H2,2-4H3,(H,11,13). The molecule has 5 nitrogen and oxygen atoms in total. The number of thiol groups is 1. The molecule has 0 heterocycles. The Morgan fingerprint density at radius 2 is 2.00 bits per heavy atom. The maximum absolute atomic E-state index is 11.1. The van der Waals surface area contributed by atoms with Crippen LogP contribution in [-0.4, -0.2) is 30.1 Å². The van der Waals surface area contributed by atoms with Gasteiger partial charge < -0.3 is 14.8 Å². The first kappa shape index (κ1) is 14.8. The van der Waals surface area contributed by atoms with Gasteiger partial charge in [-0.25, -0.2) is 9.59 Å². The van der Waals surface area contributed by atoms with Crippen LogP contribution in [0.25, 0.3) is 0 Å². The number of carbonyl (C=O) groups excluding carboxylic acids is 2. The smallest absolute Gasteiger partial charge is 0.408 e. The lowest BCUT2D eigenvalue weighted by Gasteiger charge is -2.18. The number of nitrogens with one attached hydrogen (secondary N) is 1. The van der Waals surface area contributed by atoms with Gasteiger partial charge in [-0.1, -0.05) is 6.58 Å². The second kappa shape index (κ2) is 6.42. The zero-order valence-electron chi connectivity index (χ0n) is 9.70. The van der Waals surface area contributed by atoms with Gasteiger partial charge in [0.2, 0.25) is 0 Å². The number of alkyl carbamates (subject to hydrolysis) is 1. The van der Waals surface area contributed by atoms with Crippen molar-refractivity contribution in [2.75, 3.05) is 13.2 Å². The fourth-order valence-electron chi connectivity index (χ4n) is 0.683. The summed E-state index contributed by atoms with van der Waals surface area (Å²) in [5, 5.41) is 2.42. The second-order valence-electron chi connectivity index (χ2n) is 3.68. The molecule has 0 bridgehead atoms. The Balaban J connectivity index is 3.64. The molecule has 0 atom stereocenters. The van der Waals surface area contributed by atoms with Crippen molar-refractivity contribution in [3.05, 3.63) is 12.2 Å². The van der Waals surface area contributed by atoms with Gasteiger partial charge in [-0.2, -0.15) is 0 Å². The van der Waals surface area contributed by atoms with Crippen LogP contribution >= 0.6 is 12.6 Å². The Kier molecular flexibility index (Phi) is 5.95. The van der Waals surface area contributed by atoms with Crippen LogP contribution in [0.1, 0.15) is 20.8 Å². The minimum atomic E-state index is -0.835. The predicted octanol–water partition coefficient (Wildman–Crippen LogP) is 1.50. The zero-order valence-corrected chi connectivity index (χ0v) is 10.6. The van der Waals surface area contributed by atoms with E-state index in [4.69, 9.17) is 9.47 Å². The molecule has 0 rings (SSSR count). The van der Waals surface area contributed by atoms with Crippen LogP contribution in [0.5, 0.6) is 0 Å². The number of carbonyl (C=O) groups is 2. The number of ether oxygens (including phenoxy) is 2. The highest BCUT2D eigenvalue weighted by Gasteiger charge is 2.16.